The summed E-state index contributed by atoms with van der Waals surface area (Å²) in [6.45, 7) is 6.23. The highest BCUT2D eigenvalue weighted by atomic mass is 32.2. The van der Waals surface area contributed by atoms with E-state index in [1.165, 1.54) is 12.1 Å². The number of piperidine rings is 1. The first-order chi connectivity index (χ1) is 15.9. The lowest BCUT2D eigenvalue weighted by molar-refractivity contribution is 0.0332. The second-order valence-corrected chi connectivity index (χ2v) is 10.3. The summed E-state index contributed by atoms with van der Waals surface area (Å²) in [5.74, 6) is 0.104. The lowest BCUT2D eigenvalue weighted by Gasteiger charge is -2.34. The van der Waals surface area contributed by atoms with Crippen LogP contribution in [0.15, 0.2) is 53.4 Å². The molecule has 0 aliphatic carbocycles. The number of sulfonamides is 1. The molecule has 1 N–H and O–H groups in total. The fourth-order valence-electron chi connectivity index (χ4n) is 4.31. The number of morpholine rings is 1. The van der Waals surface area contributed by atoms with Gasteiger partial charge in [0.25, 0.3) is 15.9 Å². The van der Waals surface area contributed by atoms with E-state index in [-0.39, 0.29) is 10.8 Å². The van der Waals surface area contributed by atoms with E-state index in [0.717, 1.165) is 77.3 Å². The number of hydrogen-bond donors (Lipinski definition) is 1. The van der Waals surface area contributed by atoms with Gasteiger partial charge in [-0.2, -0.15) is 0 Å². The molecule has 33 heavy (non-hydrogen) atoms. The van der Waals surface area contributed by atoms with Crippen LogP contribution in [0.25, 0.3) is 0 Å². The highest BCUT2D eigenvalue weighted by Crippen LogP contribution is 2.23. The molecule has 2 fully saturated rings. The Morgan fingerprint density at radius 3 is 2.24 bits per heavy atom. The smallest absolute Gasteiger partial charge is 0.261 e. The molecule has 0 atom stereocenters. The number of ether oxygens (including phenoxy) is 1. The van der Waals surface area contributed by atoms with E-state index in [4.69, 9.17) is 4.74 Å². The fraction of sp³-hybridized carbons (Fsp3) is 0.458. The zero-order valence-corrected chi connectivity index (χ0v) is 19.4. The number of carbonyl (C=O) groups excluding carboxylic acids is 1. The van der Waals surface area contributed by atoms with Crippen molar-refractivity contribution in [3.63, 3.8) is 0 Å². The predicted octanol–water partition coefficient (Wildman–Crippen LogP) is 3.20. The Kier molecular flexibility index (Phi) is 7.62. The van der Waals surface area contributed by atoms with Crippen molar-refractivity contribution in [3.8, 4) is 0 Å². The predicted molar refractivity (Wildman–Crippen MR) is 124 cm³/mol. The summed E-state index contributed by atoms with van der Waals surface area (Å²) >= 11 is 0. The Hall–Kier alpha value is -2.49. The number of hydrogen-bond acceptors (Lipinski definition) is 5. The summed E-state index contributed by atoms with van der Waals surface area (Å²) in [7, 11) is -3.83. The third-order valence-corrected chi connectivity index (χ3v) is 7.76. The number of anilines is 1. The van der Waals surface area contributed by atoms with Gasteiger partial charge in [0.1, 0.15) is 5.82 Å². The largest absolute Gasteiger partial charge is 0.379 e. The number of likely N-dealkylation sites (tertiary alicyclic amines) is 1. The molecule has 0 aromatic heterocycles. The van der Waals surface area contributed by atoms with Crippen LogP contribution in [0, 0.1) is 11.7 Å². The van der Waals surface area contributed by atoms with Gasteiger partial charge in [0, 0.05) is 37.4 Å². The highest BCUT2D eigenvalue weighted by molar-refractivity contribution is 7.92. The van der Waals surface area contributed by atoms with E-state index in [2.05, 4.69) is 9.62 Å². The van der Waals surface area contributed by atoms with Crippen LogP contribution < -0.4 is 4.72 Å². The third-order valence-electron chi connectivity index (χ3n) is 6.37. The van der Waals surface area contributed by atoms with Gasteiger partial charge in [-0.3, -0.25) is 14.4 Å². The summed E-state index contributed by atoms with van der Waals surface area (Å²) in [6.07, 6.45) is 3.17. The number of carbonyl (C=O) groups is 1. The zero-order chi connectivity index (χ0) is 23.3. The van der Waals surface area contributed by atoms with E-state index in [9.17, 15) is 17.6 Å². The van der Waals surface area contributed by atoms with Gasteiger partial charge in [-0.15, -0.1) is 0 Å². The number of nitrogens with zero attached hydrogens (tertiary/aromatic N) is 2. The molecule has 7 nitrogen and oxygen atoms in total. The normalized spacial score (nSPS) is 18.3. The Labute approximate surface area is 194 Å². The Morgan fingerprint density at radius 1 is 0.970 bits per heavy atom. The zero-order valence-electron chi connectivity index (χ0n) is 18.6. The highest BCUT2D eigenvalue weighted by Gasteiger charge is 2.24. The molecule has 2 saturated heterocycles. The molecule has 2 aromatic rings. The van der Waals surface area contributed by atoms with Crippen LogP contribution in [-0.2, 0) is 14.8 Å². The van der Waals surface area contributed by atoms with Crippen LogP contribution in [-0.4, -0.2) is 70.1 Å². The van der Waals surface area contributed by atoms with Crippen molar-refractivity contribution in [2.45, 2.75) is 24.2 Å². The SMILES string of the molecule is O=C(c1ccc(NS(=O)(=O)c2ccc(F)cc2)cc1)N1CCC(CCN2CCOCC2)CC1. The van der Waals surface area contributed by atoms with E-state index < -0.39 is 15.8 Å². The lowest BCUT2D eigenvalue weighted by atomic mass is 9.93. The maximum atomic E-state index is 13.1. The summed E-state index contributed by atoms with van der Waals surface area (Å²) in [5, 5.41) is 0. The minimum Gasteiger partial charge on any atom is -0.379 e. The molecular weight excluding hydrogens is 445 g/mol. The minimum absolute atomic E-state index is 0.0273. The van der Waals surface area contributed by atoms with Gasteiger partial charge >= 0.3 is 0 Å². The molecule has 4 rings (SSSR count). The third kappa shape index (κ3) is 6.31. The summed E-state index contributed by atoms with van der Waals surface area (Å²) in [4.78, 5) is 17.2. The van der Waals surface area contributed by atoms with Gasteiger partial charge in [-0.05, 0) is 80.3 Å². The van der Waals surface area contributed by atoms with Gasteiger partial charge in [0.15, 0.2) is 0 Å². The molecule has 0 radical (unpaired) electrons. The Bertz CT molecular complexity index is 1030. The number of halogens is 1. The standard InChI is InChI=1S/C24H30FN3O4S/c25-21-3-7-23(8-4-21)33(30,31)26-22-5-1-20(2-6-22)24(29)28-13-10-19(11-14-28)9-12-27-15-17-32-18-16-27/h1-8,19,26H,9-18H2. The minimum atomic E-state index is -3.83. The first-order valence-corrected chi connectivity index (χ1v) is 12.9. The van der Waals surface area contributed by atoms with Crippen LogP contribution in [0.3, 0.4) is 0 Å². The molecule has 1 amide bonds. The van der Waals surface area contributed by atoms with Gasteiger partial charge in [0.2, 0.25) is 0 Å². The van der Waals surface area contributed by atoms with Crippen LogP contribution >= 0.6 is 0 Å². The van der Waals surface area contributed by atoms with E-state index >= 15 is 0 Å². The van der Waals surface area contributed by atoms with Crippen molar-refractivity contribution in [2.24, 2.45) is 5.92 Å². The topological polar surface area (TPSA) is 79.0 Å². The molecule has 0 unspecified atom stereocenters. The number of amides is 1. The second-order valence-electron chi connectivity index (χ2n) is 8.62. The van der Waals surface area contributed by atoms with Gasteiger partial charge in [0.05, 0.1) is 18.1 Å². The molecular formula is C24H30FN3O4S. The van der Waals surface area contributed by atoms with Crippen LogP contribution in [0.1, 0.15) is 29.6 Å². The monoisotopic (exact) mass is 475 g/mol. The average Bonchev–Trinajstić information content (AvgIpc) is 2.84. The first kappa shape index (κ1) is 23.7. The van der Waals surface area contributed by atoms with Gasteiger partial charge in [-0.1, -0.05) is 0 Å². The Morgan fingerprint density at radius 2 is 1.61 bits per heavy atom. The molecule has 0 spiro atoms. The fourth-order valence-corrected chi connectivity index (χ4v) is 5.36. The van der Waals surface area contributed by atoms with Crippen molar-refractivity contribution in [2.75, 3.05) is 50.7 Å². The molecule has 2 aliphatic rings. The van der Waals surface area contributed by atoms with Gasteiger partial charge in [-0.25, -0.2) is 12.8 Å². The summed E-state index contributed by atoms with van der Waals surface area (Å²) < 4.78 is 45.8. The number of benzene rings is 2. The molecule has 0 saturated carbocycles. The van der Waals surface area contributed by atoms with Crippen LogP contribution in [0.5, 0.6) is 0 Å². The van der Waals surface area contributed by atoms with E-state index in [1.807, 2.05) is 4.90 Å². The number of nitrogens with one attached hydrogen (secondary N) is 1. The van der Waals surface area contributed by atoms with Crippen LogP contribution in [0.4, 0.5) is 10.1 Å². The van der Waals surface area contributed by atoms with E-state index in [1.54, 1.807) is 24.3 Å². The van der Waals surface area contributed by atoms with Crippen molar-refractivity contribution in [3.05, 3.63) is 59.9 Å². The summed E-state index contributed by atoms with van der Waals surface area (Å²) in [6, 6.07) is 11.0. The van der Waals surface area contributed by atoms with Gasteiger partial charge < -0.3 is 9.64 Å². The van der Waals surface area contributed by atoms with E-state index in [0.29, 0.717) is 17.2 Å². The molecule has 2 heterocycles. The first-order valence-electron chi connectivity index (χ1n) is 11.4. The van der Waals surface area contributed by atoms with Crippen LogP contribution in [0.2, 0.25) is 0 Å². The van der Waals surface area contributed by atoms with Crippen molar-refractivity contribution >= 4 is 21.6 Å². The van der Waals surface area contributed by atoms with Crippen molar-refractivity contribution in [1.29, 1.82) is 0 Å². The molecule has 178 valence electrons. The van der Waals surface area contributed by atoms with Crippen molar-refractivity contribution in [1.82, 2.24) is 9.80 Å². The second kappa shape index (κ2) is 10.6. The maximum Gasteiger partial charge on any atom is 0.261 e. The van der Waals surface area contributed by atoms with Crippen molar-refractivity contribution < 1.29 is 22.3 Å². The molecule has 9 heteroatoms. The quantitative estimate of drug-likeness (QED) is 0.665. The number of rotatable bonds is 7. The summed E-state index contributed by atoms with van der Waals surface area (Å²) in [5.41, 5.74) is 0.879. The Balaban J connectivity index is 1.27. The lowest BCUT2D eigenvalue weighted by Crippen LogP contribution is -2.40. The molecule has 2 aliphatic heterocycles. The average molecular weight is 476 g/mol. The molecule has 2 aromatic carbocycles. The molecule has 0 bridgehead atoms. The maximum absolute atomic E-state index is 13.1.